The van der Waals surface area contributed by atoms with Crippen molar-refractivity contribution >= 4 is 21.8 Å². The minimum Gasteiger partial charge on any atom is -0.263 e. The number of hydrogen-bond acceptors (Lipinski definition) is 4. The molecule has 0 aliphatic carbocycles. The van der Waals surface area contributed by atoms with Crippen LogP contribution in [0.5, 0.6) is 0 Å². The van der Waals surface area contributed by atoms with E-state index in [-0.39, 0.29) is 4.90 Å². The van der Waals surface area contributed by atoms with E-state index < -0.39 is 10.0 Å². The predicted octanol–water partition coefficient (Wildman–Crippen LogP) is 0.819. The number of nitrogens with zero attached hydrogens (tertiary/aromatic N) is 2. The molecule has 0 unspecified atom stereocenters. The second kappa shape index (κ2) is 4.51. The van der Waals surface area contributed by atoms with Gasteiger partial charge in [0.25, 0.3) is 0 Å². The lowest BCUT2D eigenvalue weighted by Gasteiger charge is -2.25. The van der Waals surface area contributed by atoms with Gasteiger partial charge in [0.1, 0.15) is 4.90 Å². The van der Waals surface area contributed by atoms with E-state index in [4.69, 9.17) is 0 Å². The van der Waals surface area contributed by atoms with Gasteiger partial charge in [-0.25, -0.2) is 8.42 Å². The molecule has 0 saturated carbocycles. The zero-order valence-corrected chi connectivity index (χ0v) is 9.80. The quantitative estimate of drug-likeness (QED) is 0.773. The van der Waals surface area contributed by atoms with Crippen LogP contribution in [0.25, 0.3) is 0 Å². The lowest BCUT2D eigenvalue weighted by atomic mass is 10.5. The fourth-order valence-corrected chi connectivity index (χ4v) is 3.98. The third kappa shape index (κ3) is 2.32. The Balaban J connectivity index is 2.26. The number of sulfonamides is 1. The van der Waals surface area contributed by atoms with E-state index in [0.717, 1.165) is 11.5 Å². The van der Waals surface area contributed by atoms with Crippen LogP contribution in [0, 0.1) is 0 Å². The van der Waals surface area contributed by atoms with Crippen LogP contribution in [0.2, 0.25) is 0 Å². The van der Waals surface area contributed by atoms with Crippen molar-refractivity contribution in [3.63, 3.8) is 0 Å². The summed E-state index contributed by atoms with van der Waals surface area (Å²) in [5.74, 6) is 1.75. The molecule has 1 aromatic rings. The summed E-state index contributed by atoms with van der Waals surface area (Å²) in [6.07, 6.45) is 2.97. The normalized spacial score (nSPS) is 18.9. The molecule has 82 valence electrons. The summed E-state index contributed by atoms with van der Waals surface area (Å²) in [5.41, 5.74) is 0. The highest BCUT2D eigenvalue weighted by Crippen LogP contribution is 2.18. The van der Waals surface area contributed by atoms with Crippen LogP contribution in [0.15, 0.2) is 29.4 Å². The average Bonchev–Trinajstić information content (AvgIpc) is 2.31. The Bertz CT molecular complexity index is 413. The fourth-order valence-electron chi connectivity index (χ4n) is 1.44. The molecule has 1 fully saturated rings. The van der Waals surface area contributed by atoms with E-state index in [1.807, 2.05) is 0 Å². The van der Waals surface area contributed by atoms with Crippen LogP contribution in [-0.2, 0) is 10.0 Å². The van der Waals surface area contributed by atoms with Gasteiger partial charge in [0.2, 0.25) is 10.0 Å². The Morgan fingerprint density at radius 2 is 2.07 bits per heavy atom. The average molecular weight is 244 g/mol. The molecule has 0 atom stereocenters. The van der Waals surface area contributed by atoms with Gasteiger partial charge in [-0.2, -0.15) is 16.1 Å². The molecule has 1 saturated heterocycles. The van der Waals surface area contributed by atoms with E-state index in [0.29, 0.717) is 13.1 Å². The number of pyridine rings is 1. The monoisotopic (exact) mass is 244 g/mol. The van der Waals surface area contributed by atoms with E-state index in [1.54, 1.807) is 30.1 Å². The number of thioether (sulfide) groups is 1. The van der Waals surface area contributed by atoms with Crippen molar-refractivity contribution in [1.29, 1.82) is 0 Å². The molecule has 1 aliphatic heterocycles. The molecular weight excluding hydrogens is 232 g/mol. The van der Waals surface area contributed by atoms with E-state index >= 15 is 0 Å². The molecule has 15 heavy (non-hydrogen) atoms. The first-order valence-corrected chi connectivity index (χ1v) is 7.29. The van der Waals surface area contributed by atoms with E-state index in [1.165, 1.54) is 10.5 Å². The van der Waals surface area contributed by atoms with Gasteiger partial charge in [-0.05, 0) is 12.1 Å². The molecular formula is C9H12N2O2S2. The van der Waals surface area contributed by atoms with Crippen molar-refractivity contribution in [2.24, 2.45) is 0 Å². The molecule has 1 aromatic heterocycles. The van der Waals surface area contributed by atoms with Gasteiger partial charge in [-0.15, -0.1) is 0 Å². The van der Waals surface area contributed by atoms with Crippen molar-refractivity contribution < 1.29 is 8.42 Å². The molecule has 0 amide bonds. The number of hydrogen-bond donors (Lipinski definition) is 0. The fraction of sp³-hybridized carbons (Fsp3) is 0.444. The summed E-state index contributed by atoms with van der Waals surface area (Å²) in [6.45, 7) is 1.20. The topological polar surface area (TPSA) is 50.3 Å². The first kappa shape index (κ1) is 10.9. The van der Waals surface area contributed by atoms with E-state index in [9.17, 15) is 8.42 Å². The second-order valence-corrected chi connectivity index (χ2v) is 6.37. The lowest BCUT2D eigenvalue weighted by Crippen LogP contribution is -2.37. The Morgan fingerprint density at radius 1 is 1.33 bits per heavy atom. The molecule has 6 heteroatoms. The molecule has 0 spiro atoms. The molecule has 2 heterocycles. The highest BCUT2D eigenvalue weighted by molar-refractivity contribution is 7.99. The summed E-state index contributed by atoms with van der Waals surface area (Å²) in [6, 6.07) is 3.23. The first-order valence-electron chi connectivity index (χ1n) is 4.69. The van der Waals surface area contributed by atoms with Crippen LogP contribution < -0.4 is 0 Å². The van der Waals surface area contributed by atoms with Gasteiger partial charge in [0.15, 0.2) is 0 Å². The summed E-state index contributed by atoms with van der Waals surface area (Å²) in [4.78, 5) is 4.12. The maximum atomic E-state index is 12.1. The highest BCUT2D eigenvalue weighted by Gasteiger charge is 2.25. The maximum Gasteiger partial charge on any atom is 0.244 e. The van der Waals surface area contributed by atoms with Crippen LogP contribution in [0.3, 0.4) is 0 Å². The lowest BCUT2D eigenvalue weighted by molar-refractivity contribution is 0.443. The zero-order chi connectivity index (χ0) is 10.7. The SMILES string of the molecule is O=S(=O)(c1cccnc1)N1CCSCC1. The van der Waals surface area contributed by atoms with Gasteiger partial charge in [0.05, 0.1) is 0 Å². The predicted molar refractivity (Wildman–Crippen MR) is 60.3 cm³/mol. The van der Waals surface area contributed by atoms with E-state index in [2.05, 4.69) is 4.98 Å². The Labute approximate surface area is 93.7 Å². The molecule has 1 aliphatic rings. The molecule has 0 bridgehead atoms. The van der Waals surface area contributed by atoms with Crippen molar-refractivity contribution in [1.82, 2.24) is 9.29 Å². The third-order valence-electron chi connectivity index (χ3n) is 2.24. The summed E-state index contributed by atoms with van der Waals surface area (Å²) in [5, 5.41) is 0. The molecule has 0 N–H and O–H groups in total. The van der Waals surface area contributed by atoms with Crippen LogP contribution >= 0.6 is 11.8 Å². The Hall–Kier alpha value is -0.590. The molecule has 0 aromatic carbocycles. The van der Waals surface area contributed by atoms with Gasteiger partial charge in [0, 0.05) is 37.0 Å². The van der Waals surface area contributed by atoms with Gasteiger partial charge >= 0.3 is 0 Å². The van der Waals surface area contributed by atoms with Crippen molar-refractivity contribution in [3.05, 3.63) is 24.5 Å². The van der Waals surface area contributed by atoms with Gasteiger partial charge < -0.3 is 0 Å². The van der Waals surface area contributed by atoms with Gasteiger partial charge in [-0.3, -0.25) is 4.98 Å². The largest absolute Gasteiger partial charge is 0.263 e. The highest BCUT2D eigenvalue weighted by atomic mass is 32.2. The summed E-state index contributed by atoms with van der Waals surface area (Å²) in [7, 11) is -3.30. The first-order chi connectivity index (χ1) is 7.21. The molecule has 0 radical (unpaired) electrons. The Morgan fingerprint density at radius 3 is 2.67 bits per heavy atom. The second-order valence-electron chi connectivity index (χ2n) is 3.21. The minimum atomic E-state index is -3.30. The molecule has 2 rings (SSSR count). The number of rotatable bonds is 2. The van der Waals surface area contributed by atoms with Crippen LogP contribution in [0.4, 0.5) is 0 Å². The smallest absolute Gasteiger partial charge is 0.244 e. The van der Waals surface area contributed by atoms with Crippen molar-refractivity contribution in [2.45, 2.75) is 4.90 Å². The minimum absolute atomic E-state index is 0.289. The third-order valence-corrected chi connectivity index (χ3v) is 5.07. The molecule has 4 nitrogen and oxygen atoms in total. The number of aromatic nitrogens is 1. The van der Waals surface area contributed by atoms with Crippen LogP contribution in [0.1, 0.15) is 0 Å². The van der Waals surface area contributed by atoms with Gasteiger partial charge in [-0.1, -0.05) is 0 Å². The van der Waals surface area contributed by atoms with Crippen LogP contribution in [-0.4, -0.2) is 42.3 Å². The standard InChI is InChI=1S/C9H12N2O2S2/c12-15(13,9-2-1-3-10-8-9)11-4-6-14-7-5-11/h1-3,8H,4-7H2. The van der Waals surface area contributed by atoms with Crippen molar-refractivity contribution in [3.8, 4) is 0 Å². The maximum absolute atomic E-state index is 12.1. The zero-order valence-electron chi connectivity index (χ0n) is 8.17. The van der Waals surface area contributed by atoms with Crippen molar-refractivity contribution in [2.75, 3.05) is 24.6 Å². The Kier molecular flexibility index (Phi) is 3.28. The summed E-state index contributed by atoms with van der Waals surface area (Å²) >= 11 is 1.79. The summed E-state index contributed by atoms with van der Waals surface area (Å²) < 4.78 is 25.7.